The number of hydrogen-bond acceptors (Lipinski definition) is 5. The Labute approximate surface area is 106 Å². The van der Waals surface area contributed by atoms with Crippen LogP contribution in [0.2, 0.25) is 0 Å². The number of likely N-dealkylation sites (N-methyl/N-ethyl adjacent to an activating group) is 1. The summed E-state index contributed by atoms with van der Waals surface area (Å²) in [6, 6.07) is 3.23. The van der Waals surface area contributed by atoms with Gasteiger partial charge in [0.1, 0.15) is 5.69 Å². The van der Waals surface area contributed by atoms with Gasteiger partial charge in [-0.15, -0.1) is 0 Å². The molecule has 1 fully saturated rings. The SMILES string of the molecule is CNC(Cc1nc(OC)ccc1[N+](=O)[O-])C1CC1. The fourth-order valence-corrected chi connectivity index (χ4v) is 2.12. The molecule has 1 aliphatic carbocycles. The Balaban J connectivity index is 2.24. The summed E-state index contributed by atoms with van der Waals surface area (Å²) in [7, 11) is 3.39. The Morgan fingerprint density at radius 1 is 1.61 bits per heavy atom. The van der Waals surface area contributed by atoms with Gasteiger partial charge in [0, 0.05) is 24.6 Å². The van der Waals surface area contributed by atoms with Gasteiger partial charge in [-0.3, -0.25) is 10.1 Å². The van der Waals surface area contributed by atoms with Crippen molar-refractivity contribution in [3.63, 3.8) is 0 Å². The molecular formula is C12H17N3O3. The van der Waals surface area contributed by atoms with Crippen molar-refractivity contribution in [2.45, 2.75) is 25.3 Å². The average molecular weight is 251 g/mol. The lowest BCUT2D eigenvalue weighted by atomic mass is 10.1. The summed E-state index contributed by atoms with van der Waals surface area (Å²) in [6.45, 7) is 0. The predicted molar refractivity (Wildman–Crippen MR) is 66.7 cm³/mol. The summed E-state index contributed by atoms with van der Waals surface area (Å²) >= 11 is 0. The largest absolute Gasteiger partial charge is 0.481 e. The van der Waals surface area contributed by atoms with Crippen LogP contribution in [0, 0.1) is 16.0 Å². The Kier molecular flexibility index (Phi) is 3.76. The molecule has 1 aromatic rings. The van der Waals surface area contributed by atoms with Crippen molar-refractivity contribution < 1.29 is 9.66 Å². The molecule has 0 aliphatic heterocycles. The molecule has 18 heavy (non-hydrogen) atoms. The normalized spacial score (nSPS) is 16.3. The summed E-state index contributed by atoms with van der Waals surface area (Å²) < 4.78 is 5.03. The van der Waals surface area contributed by atoms with Crippen LogP contribution in [0.3, 0.4) is 0 Å². The maximum absolute atomic E-state index is 11.0. The van der Waals surface area contributed by atoms with Gasteiger partial charge in [0.25, 0.3) is 5.69 Å². The topological polar surface area (TPSA) is 77.3 Å². The second-order valence-corrected chi connectivity index (χ2v) is 4.51. The zero-order valence-corrected chi connectivity index (χ0v) is 10.5. The molecule has 1 heterocycles. The van der Waals surface area contributed by atoms with Crippen molar-refractivity contribution in [2.75, 3.05) is 14.2 Å². The van der Waals surface area contributed by atoms with Gasteiger partial charge in [-0.1, -0.05) is 0 Å². The van der Waals surface area contributed by atoms with Gasteiger partial charge in [0.2, 0.25) is 5.88 Å². The summed E-state index contributed by atoms with van der Waals surface area (Å²) in [5.74, 6) is 1.03. The summed E-state index contributed by atoms with van der Waals surface area (Å²) in [4.78, 5) is 14.8. The first kappa shape index (κ1) is 12.8. The number of nitro groups is 1. The van der Waals surface area contributed by atoms with Gasteiger partial charge in [0.05, 0.1) is 12.0 Å². The Morgan fingerprint density at radius 2 is 2.33 bits per heavy atom. The quantitative estimate of drug-likeness (QED) is 0.613. The Hall–Kier alpha value is -1.69. The van der Waals surface area contributed by atoms with Crippen molar-refractivity contribution in [1.82, 2.24) is 10.3 Å². The van der Waals surface area contributed by atoms with E-state index in [9.17, 15) is 10.1 Å². The molecule has 1 atom stereocenters. The average Bonchev–Trinajstić information content (AvgIpc) is 3.19. The summed E-state index contributed by atoms with van der Waals surface area (Å²) in [5, 5.41) is 14.2. The van der Waals surface area contributed by atoms with E-state index >= 15 is 0 Å². The van der Waals surface area contributed by atoms with Crippen LogP contribution in [0.25, 0.3) is 0 Å². The highest BCUT2D eigenvalue weighted by Gasteiger charge is 2.32. The molecule has 0 radical (unpaired) electrons. The fraction of sp³-hybridized carbons (Fsp3) is 0.583. The number of pyridine rings is 1. The smallest absolute Gasteiger partial charge is 0.291 e. The first-order chi connectivity index (χ1) is 8.65. The number of rotatable bonds is 6. The summed E-state index contributed by atoms with van der Waals surface area (Å²) in [5.41, 5.74) is 0.558. The van der Waals surface area contributed by atoms with Crippen molar-refractivity contribution in [3.05, 3.63) is 27.9 Å². The first-order valence-corrected chi connectivity index (χ1v) is 6.01. The van der Waals surface area contributed by atoms with Gasteiger partial charge >= 0.3 is 0 Å². The van der Waals surface area contributed by atoms with Gasteiger partial charge in [0.15, 0.2) is 0 Å². The van der Waals surface area contributed by atoms with Gasteiger partial charge < -0.3 is 10.1 Å². The maximum atomic E-state index is 11.0. The van der Waals surface area contributed by atoms with Crippen LogP contribution in [0.15, 0.2) is 12.1 Å². The highest BCUT2D eigenvalue weighted by Crippen LogP contribution is 2.35. The number of hydrogen-bond donors (Lipinski definition) is 1. The molecule has 1 saturated carbocycles. The van der Waals surface area contributed by atoms with Crippen LogP contribution in [-0.4, -0.2) is 30.1 Å². The van der Waals surface area contributed by atoms with E-state index < -0.39 is 0 Å². The van der Waals surface area contributed by atoms with E-state index in [0.29, 0.717) is 23.9 Å². The molecule has 1 aromatic heterocycles. The van der Waals surface area contributed by atoms with Crippen LogP contribution >= 0.6 is 0 Å². The molecular weight excluding hydrogens is 234 g/mol. The van der Waals surface area contributed by atoms with E-state index in [-0.39, 0.29) is 16.7 Å². The lowest BCUT2D eigenvalue weighted by Crippen LogP contribution is -2.30. The van der Waals surface area contributed by atoms with E-state index in [4.69, 9.17) is 4.74 Å². The number of nitrogens with zero attached hydrogens (tertiary/aromatic N) is 2. The standard InChI is InChI=1S/C12H17N3O3/c1-13-9(8-3-4-8)7-10-11(15(16)17)5-6-12(14-10)18-2/h5-6,8-9,13H,3-4,7H2,1-2H3. The molecule has 0 amide bonds. The van der Waals surface area contributed by atoms with Crippen LogP contribution in [0.5, 0.6) is 5.88 Å². The third-order valence-corrected chi connectivity index (χ3v) is 3.31. The number of methoxy groups -OCH3 is 1. The molecule has 0 spiro atoms. The Bertz CT molecular complexity index is 446. The lowest BCUT2D eigenvalue weighted by molar-refractivity contribution is -0.386. The molecule has 2 rings (SSSR count). The minimum Gasteiger partial charge on any atom is -0.481 e. The monoisotopic (exact) mass is 251 g/mol. The van der Waals surface area contributed by atoms with Crippen LogP contribution in [0.1, 0.15) is 18.5 Å². The molecule has 98 valence electrons. The van der Waals surface area contributed by atoms with E-state index in [2.05, 4.69) is 10.3 Å². The zero-order valence-electron chi connectivity index (χ0n) is 10.5. The predicted octanol–water partition coefficient (Wildman–Crippen LogP) is 1.54. The van der Waals surface area contributed by atoms with Crippen molar-refractivity contribution in [2.24, 2.45) is 5.92 Å². The molecule has 0 bridgehead atoms. The molecule has 1 N–H and O–H groups in total. The van der Waals surface area contributed by atoms with Crippen LogP contribution in [-0.2, 0) is 6.42 Å². The second-order valence-electron chi connectivity index (χ2n) is 4.51. The van der Waals surface area contributed by atoms with Crippen molar-refractivity contribution >= 4 is 5.69 Å². The molecule has 1 unspecified atom stereocenters. The van der Waals surface area contributed by atoms with Crippen LogP contribution in [0.4, 0.5) is 5.69 Å². The molecule has 6 nitrogen and oxygen atoms in total. The molecule has 1 aliphatic rings. The number of ether oxygens (including phenoxy) is 1. The van der Waals surface area contributed by atoms with Gasteiger partial charge in [-0.05, 0) is 25.8 Å². The second kappa shape index (κ2) is 5.30. The molecule has 6 heteroatoms. The highest BCUT2D eigenvalue weighted by atomic mass is 16.6. The van der Waals surface area contributed by atoms with Crippen molar-refractivity contribution in [3.8, 4) is 5.88 Å². The van der Waals surface area contributed by atoms with E-state index in [1.807, 2.05) is 7.05 Å². The van der Waals surface area contributed by atoms with E-state index in [1.54, 1.807) is 0 Å². The van der Waals surface area contributed by atoms with Gasteiger partial charge in [-0.2, -0.15) is 0 Å². The van der Waals surface area contributed by atoms with Gasteiger partial charge in [-0.25, -0.2) is 4.98 Å². The third-order valence-electron chi connectivity index (χ3n) is 3.31. The maximum Gasteiger partial charge on any atom is 0.291 e. The van der Waals surface area contributed by atoms with Crippen molar-refractivity contribution in [1.29, 1.82) is 0 Å². The highest BCUT2D eigenvalue weighted by molar-refractivity contribution is 5.38. The minimum atomic E-state index is -0.388. The molecule has 0 saturated heterocycles. The summed E-state index contributed by atoms with van der Waals surface area (Å²) in [6.07, 6.45) is 2.93. The first-order valence-electron chi connectivity index (χ1n) is 6.01. The molecule has 0 aromatic carbocycles. The van der Waals surface area contributed by atoms with Crippen LogP contribution < -0.4 is 10.1 Å². The number of nitrogens with one attached hydrogen (secondary N) is 1. The zero-order chi connectivity index (χ0) is 13.1. The third kappa shape index (κ3) is 2.76. The number of aromatic nitrogens is 1. The van der Waals surface area contributed by atoms with E-state index in [0.717, 1.165) is 0 Å². The minimum absolute atomic E-state index is 0.0664. The Morgan fingerprint density at radius 3 is 2.83 bits per heavy atom. The van der Waals surface area contributed by atoms with E-state index in [1.165, 1.54) is 32.1 Å². The lowest BCUT2D eigenvalue weighted by Gasteiger charge is -2.14. The fourth-order valence-electron chi connectivity index (χ4n) is 2.12.